The lowest BCUT2D eigenvalue weighted by molar-refractivity contribution is 0.0712. The maximum Gasteiger partial charge on any atom is 0.151 e. The second kappa shape index (κ2) is 8.92. The Bertz CT molecular complexity index is 254. The minimum absolute atomic E-state index is 0.0710. The fraction of sp³-hybridized carbons (Fsp3) is 1.00. The van der Waals surface area contributed by atoms with E-state index in [9.17, 15) is 8.42 Å². The van der Waals surface area contributed by atoms with Crippen LogP contribution in [0.15, 0.2) is 0 Å². The van der Waals surface area contributed by atoms with Gasteiger partial charge in [0.05, 0.1) is 24.7 Å². The molecule has 0 amide bonds. The number of methoxy groups -OCH3 is 1. The van der Waals surface area contributed by atoms with E-state index in [1.54, 1.807) is 7.11 Å². The fourth-order valence-corrected chi connectivity index (χ4v) is 2.76. The summed E-state index contributed by atoms with van der Waals surface area (Å²) in [6, 6.07) is -0.251. The molecule has 5 nitrogen and oxygen atoms in total. The third-order valence-electron chi connectivity index (χ3n) is 2.17. The molecule has 1 unspecified atom stereocenters. The van der Waals surface area contributed by atoms with Crippen LogP contribution in [0.4, 0.5) is 0 Å². The number of hydrogen-bond donors (Lipinski definition) is 1. The molecule has 0 radical (unpaired) electrons. The smallest absolute Gasteiger partial charge is 0.151 e. The zero-order valence-electron chi connectivity index (χ0n) is 10.1. The molecule has 1 atom stereocenters. The normalized spacial score (nSPS) is 13.9. The minimum atomic E-state index is -3.02. The van der Waals surface area contributed by atoms with Crippen LogP contribution in [-0.2, 0) is 19.3 Å². The van der Waals surface area contributed by atoms with Crippen molar-refractivity contribution in [2.45, 2.75) is 25.8 Å². The molecule has 0 aromatic rings. The lowest BCUT2D eigenvalue weighted by Gasteiger charge is -2.09. The summed E-state index contributed by atoms with van der Waals surface area (Å²) in [5, 5.41) is 0. The van der Waals surface area contributed by atoms with Crippen molar-refractivity contribution in [2.75, 3.05) is 38.4 Å². The predicted molar refractivity (Wildman–Crippen MR) is 64.2 cm³/mol. The third-order valence-corrected chi connectivity index (χ3v) is 4.01. The van der Waals surface area contributed by atoms with E-state index < -0.39 is 9.84 Å². The number of nitrogens with two attached hydrogens (primary N) is 1. The predicted octanol–water partition coefficient (Wildman–Crippen LogP) is 0.192. The van der Waals surface area contributed by atoms with Gasteiger partial charge in [0.1, 0.15) is 0 Å². The van der Waals surface area contributed by atoms with Crippen LogP contribution in [0.2, 0.25) is 0 Å². The van der Waals surface area contributed by atoms with E-state index in [0.717, 1.165) is 0 Å². The Morgan fingerprint density at radius 2 is 1.94 bits per heavy atom. The number of rotatable bonds is 10. The fourth-order valence-electron chi connectivity index (χ4n) is 1.15. The first kappa shape index (κ1) is 15.8. The van der Waals surface area contributed by atoms with Gasteiger partial charge < -0.3 is 15.2 Å². The maximum absolute atomic E-state index is 11.5. The van der Waals surface area contributed by atoms with Gasteiger partial charge in [-0.25, -0.2) is 8.42 Å². The van der Waals surface area contributed by atoms with Gasteiger partial charge in [-0.15, -0.1) is 0 Å². The topological polar surface area (TPSA) is 78.6 Å². The first-order valence-electron chi connectivity index (χ1n) is 5.54. The highest BCUT2D eigenvalue weighted by molar-refractivity contribution is 7.91. The SMILES string of the molecule is CCC(N)CS(=O)(=O)CCCOCCOC. The molecule has 0 rings (SSSR count). The molecule has 0 aliphatic carbocycles. The van der Waals surface area contributed by atoms with Crippen molar-refractivity contribution in [3.63, 3.8) is 0 Å². The lowest BCUT2D eigenvalue weighted by atomic mass is 10.3. The van der Waals surface area contributed by atoms with Crippen LogP contribution in [0.25, 0.3) is 0 Å². The summed E-state index contributed by atoms with van der Waals surface area (Å²) in [4.78, 5) is 0. The Kier molecular flexibility index (Phi) is 8.83. The number of ether oxygens (including phenoxy) is 2. The first-order chi connectivity index (χ1) is 7.52. The Morgan fingerprint density at radius 1 is 1.25 bits per heavy atom. The Labute approximate surface area is 98.2 Å². The summed E-state index contributed by atoms with van der Waals surface area (Å²) in [6.07, 6.45) is 1.20. The lowest BCUT2D eigenvalue weighted by Crippen LogP contribution is -2.30. The van der Waals surface area contributed by atoms with E-state index in [0.29, 0.717) is 32.7 Å². The molecule has 16 heavy (non-hydrogen) atoms. The summed E-state index contributed by atoms with van der Waals surface area (Å²) in [5.41, 5.74) is 5.60. The monoisotopic (exact) mass is 253 g/mol. The largest absolute Gasteiger partial charge is 0.382 e. The quantitative estimate of drug-likeness (QED) is 0.562. The van der Waals surface area contributed by atoms with Gasteiger partial charge >= 0.3 is 0 Å². The zero-order chi connectivity index (χ0) is 12.4. The van der Waals surface area contributed by atoms with Crippen LogP contribution in [0.3, 0.4) is 0 Å². The van der Waals surface area contributed by atoms with Crippen molar-refractivity contribution in [2.24, 2.45) is 5.73 Å². The standard InChI is InChI=1S/C10H23NO4S/c1-3-10(11)9-16(12,13)8-4-5-15-7-6-14-2/h10H,3-9,11H2,1-2H3. The molecule has 2 N–H and O–H groups in total. The van der Waals surface area contributed by atoms with Crippen molar-refractivity contribution >= 4 is 9.84 Å². The summed E-state index contributed by atoms with van der Waals surface area (Å²) < 4.78 is 33.0. The van der Waals surface area contributed by atoms with E-state index in [1.807, 2.05) is 6.92 Å². The molecule has 0 saturated heterocycles. The van der Waals surface area contributed by atoms with Gasteiger partial charge in [-0.3, -0.25) is 0 Å². The highest BCUT2D eigenvalue weighted by Gasteiger charge is 2.14. The minimum Gasteiger partial charge on any atom is -0.382 e. The van der Waals surface area contributed by atoms with Crippen molar-refractivity contribution in [3.8, 4) is 0 Å². The van der Waals surface area contributed by atoms with E-state index >= 15 is 0 Å². The molecule has 6 heteroatoms. The van der Waals surface area contributed by atoms with Gasteiger partial charge in [0, 0.05) is 19.8 Å². The second-order valence-corrected chi connectivity index (χ2v) is 5.97. The summed E-state index contributed by atoms with van der Waals surface area (Å²) >= 11 is 0. The van der Waals surface area contributed by atoms with Crippen molar-refractivity contribution < 1.29 is 17.9 Å². The molecule has 0 aliphatic rings. The van der Waals surface area contributed by atoms with Gasteiger partial charge in [-0.1, -0.05) is 6.92 Å². The third kappa shape index (κ3) is 9.08. The molecule has 98 valence electrons. The van der Waals surface area contributed by atoms with Gasteiger partial charge in [0.2, 0.25) is 0 Å². The molecule has 0 aliphatic heterocycles. The molecule has 0 aromatic heterocycles. The van der Waals surface area contributed by atoms with Gasteiger partial charge in [0.15, 0.2) is 9.84 Å². The number of sulfone groups is 1. The van der Waals surface area contributed by atoms with Crippen LogP contribution < -0.4 is 5.73 Å². The Morgan fingerprint density at radius 3 is 2.50 bits per heavy atom. The van der Waals surface area contributed by atoms with Crippen LogP contribution >= 0.6 is 0 Å². The summed E-state index contributed by atoms with van der Waals surface area (Å²) in [7, 11) is -1.42. The summed E-state index contributed by atoms with van der Waals surface area (Å²) in [5.74, 6) is 0.218. The Balaban J connectivity index is 3.59. The van der Waals surface area contributed by atoms with E-state index in [2.05, 4.69) is 0 Å². The first-order valence-corrected chi connectivity index (χ1v) is 7.36. The van der Waals surface area contributed by atoms with Crippen LogP contribution in [0, 0.1) is 0 Å². The van der Waals surface area contributed by atoms with Crippen molar-refractivity contribution in [1.82, 2.24) is 0 Å². The van der Waals surface area contributed by atoms with Crippen LogP contribution in [0.5, 0.6) is 0 Å². The highest BCUT2D eigenvalue weighted by Crippen LogP contribution is 1.99. The highest BCUT2D eigenvalue weighted by atomic mass is 32.2. The second-order valence-electron chi connectivity index (χ2n) is 3.74. The average Bonchev–Trinajstić information content (AvgIpc) is 2.22. The van der Waals surface area contributed by atoms with E-state index in [1.165, 1.54) is 0 Å². The van der Waals surface area contributed by atoms with Crippen LogP contribution in [0.1, 0.15) is 19.8 Å². The average molecular weight is 253 g/mol. The molecule has 0 saturated carbocycles. The molecule has 0 heterocycles. The Hall–Kier alpha value is -0.170. The zero-order valence-corrected chi connectivity index (χ0v) is 11.0. The van der Waals surface area contributed by atoms with Gasteiger partial charge in [-0.2, -0.15) is 0 Å². The molecule has 0 bridgehead atoms. The van der Waals surface area contributed by atoms with Crippen molar-refractivity contribution in [3.05, 3.63) is 0 Å². The maximum atomic E-state index is 11.5. The molecule has 0 aromatic carbocycles. The molecular formula is C10H23NO4S. The van der Waals surface area contributed by atoms with Gasteiger partial charge in [0.25, 0.3) is 0 Å². The van der Waals surface area contributed by atoms with Crippen molar-refractivity contribution in [1.29, 1.82) is 0 Å². The van der Waals surface area contributed by atoms with Gasteiger partial charge in [-0.05, 0) is 12.8 Å². The molecule has 0 spiro atoms. The molecular weight excluding hydrogens is 230 g/mol. The summed E-state index contributed by atoms with van der Waals surface area (Å²) in [6.45, 7) is 3.37. The van der Waals surface area contributed by atoms with Crippen LogP contribution in [-0.4, -0.2) is 52.9 Å². The van der Waals surface area contributed by atoms with E-state index in [4.69, 9.17) is 15.2 Å². The molecule has 0 fully saturated rings. The number of hydrogen-bond acceptors (Lipinski definition) is 5. The van der Waals surface area contributed by atoms with E-state index in [-0.39, 0.29) is 17.5 Å².